The molecule has 0 saturated carbocycles. The number of thioether (sulfide) groups is 1. The molecule has 0 spiro atoms. The number of carboxylic acids is 1. The van der Waals surface area contributed by atoms with Crippen molar-refractivity contribution in [2.75, 3.05) is 12.3 Å². The van der Waals surface area contributed by atoms with Crippen molar-refractivity contribution in [3.05, 3.63) is 16.3 Å². The van der Waals surface area contributed by atoms with Crippen molar-refractivity contribution in [3.63, 3.8) is 0 Å². The summed E-state index contributed by atoms with van der Waals surface area (Å²) in [5, 5.41) is 9.75. The molecule has 5 nitrogen and oxygen atoms in total. The summed E-state index contributed by atoms with van der Waals surface area (Å²) in [6.45, 7) is -0.398. The van der Waals surface area contributed by atoms with Crippen molar-refractivity contribution < 1.29 is 31.5 Å². The SMILES string of the molecule is O=C(O)c1cc(S(=O)(=O)NCCSC(F)(F)F)cs1. The first kappa shape index (κ1) is 16.3. The largest absolute Gasteiger partial charge is 0.477 e. The van der Waals surface area contributed by atoms with Gasteiger partial charge in [0.2, 0.25) is 10.0 Å². The fourth-order valence-corrected chi connectivity index (χ4v) is 3.71. The Morgan fingerprint density at radius 3 is 2.58 bits per heavy atom. The molecule has 0 aliphatic heterocycles. The minimum Gasteiger partial charge on any atom is -0.477 e. The smallest absolute Gasteiger partial charge is 0.441 e. The van der Waals surface area contributed by atoms with Crippen LogP contribution >= 0.6 is 23.1 Å². The number of nitrogens with one attached hydrogen (secondary N) is 1. The van der Waals surface area contributed by atoms with Crippen LogP contribution in [-0.2, 0) is 10.0 Å². The number of thiophene rings is 1. The first-order valence-electron chi connectivity index (χ1n) is 4.64. The van der Waals surface area contributed by atoms with Crippen LogP contribution in [0.4, 0.5) is 13.2 Å². The molecular formula is C8H8F3NO4S3. The highest BCUT2D eigenvalue weighted by atomic mass is 32.2. The van der Waals surface area contributed by atoms with Crippen molar-refractivity contribution in [2.45, 2.75) is 10.4 Å². The van der Waals surface area contributed by atoms with Crippen molar-refractivity contribution in [1.29, 1.82) is 0 Å². The molecule has 1 heterocycles. The number of alkyl halides is 3. The first-order valence-corrected chi connectivity index (χ1v) is 7.99. The van der Waals surface area contributed by atoms with Gasteiger partial charge in [0.05, 0.1) is 4.90 Å². The van der Waals surface area contributed by atoms with Crippen LogP contribution in [0.5, 0.6) is 0 Å². The number of aromatic carboxylic acids is 1. The van der Waals surface area contributed by atoms with Gasteiger partial charge in [-0.15, -0.1) is 11.3 Å². The third kappa shape index (κ3) is 5.38. The van der Waals surface area contributed by atoms with Gasteiger partial charge in [-0.1, -0.05) is 0 Å². The summed E-state index contributed by atoms with van der Waals surface area (Å²) in [4.78, 5) is 10.1. The van der Waals surface area contributed by atoms with E-state index in [1.807, 2.05) is 4.72 Å². The highest BCUT2D eigenvalue weighted by Crippen LogP contribution is 2.29. The second-order valence-electron chi connectivity index (χ2n) is 3.14. The van der Waals surface area contributed by atoms with E-state index < -0.39 is 33.8 Å². The lowest BCUT2D eigenvalue weighted by atomic mass is 10.5. The van der Waals surface area contributed by atoms with E-state index in [2.05, 4.69) is 0 Å². The van der Waals surface area contributed by atoms with Crippen LogP contribution in [-0.4, -0.2) is 37.3 Å². The number of hydrogen-bond donors (Lipinski definition) is 2. The zero-order valence-electron chi connectivity index (χ0n) is 9.10. The Kier molecular flexibility index (Phi) is 5.24. The van der Waals surface area contributed by atoms with E-state index in [-0.39, 0.29) is 21.5 Å². The molecule has 0 radical (unpaired) electrons. The normalized spacial score (nSPS) is 12.6. The molecule has 0 aliphatic carbocycles. The van der Waals surface area contributed by atoms with E-state index in [1.54, 1.807) is 0 Å². The van der Waals surface area contributed by atoms with Crippen LogP contribution < -0.4 is 4.72 Å². The number of rotatable bonds is 6. The third-order valence-corrected chi connectivity index (χ3v) is 5.00. The monoisotopic (exact) mass is 335 g/mol. The molecule has 1 rings (SSSR count). The summed E-state index contributed by atoms with van der Waals surface area (Å²) in [6.07, 6.45) is 0. The van der Waals surface area contributed by atoms with Crippen LogP contribution in [0.15, 0.2) is 16.3 Å². The van der Waals surface area contributed by atoms with Gasteiger partial charge >= 0.3 is 11.5 Å². The summed E-state index contributed by atoms with van der Waals surface area (Å²) < 4.78 is 60.6. The van der Waals surface area contributed by atoms with Gasteiger partial charge in [-0.25, -0.2) is 17.9 Å². The van der Waals surface area contributed by atoms with Crippen LogP contribution in [0, 0.1) is 0 Å². The van der Waals surface area contributed by atoms with Crippen LogP contribution in [0.1, 0.15) is 9.67 Å². The molecule has 0 amide bonds. The lowest BCUT2D eigenvalue weighted by molar-refractivity contribution is -0.0327. The maximum Gasteiger partial charge on any atom is 0.441 e. The molecule has 0 bridgehead atoms. The van der Waals surface area contributed by atoms with Gasteiger partial charge in [0.25, 0.3) is 0 Å². The molecule has 11 heteroatoms. The second-order valence-corrected chi connectivity index (χ2v) is 6.98. The van der Waals surface area contributed by atoms with Gasteiger partial charge in [0.15, 0.2) is 0 Å². The lowest BCUT2D eigenvalue weighted by Crippen LogP contribution is -2.26. The molecule has 108 valence electrons. The minimum atomic E-state index is -4.41. The van der Waals surface area contributed by atoms with E-state index in [4.69, 9.17) is 5.11 Å². The molecular weight excluding hydrogens is 327 g/mol. The van der Waals surface area contributed by atoms with Crippen molar-refractivity contribution in [2.24, 2.45) is 0 Å². The Morgan fingerprint density at radius 1 is 1.47 bits per heavy atom. The molecule has 0 aromatic carbocycles. The average molecular weight is 335 g/mol. The van der Waals surface area contributed by atoms with E-state index >= 15 is 0 Å². The van der Waals surface area contributed by atoms with E-state index in [0.29, 0.717) is 0 Å². The van der Waals surface area contributed by atoms with Crippen molar-refractivity contribution in [1.82, 2.24) is 4.72 Å². The predicted octanol–water partition coefficient (Wildman–Crippen LogP) is 1.98. The van der Waals surface area contributed by atoms with Crippen molar-refractivity contribution in [3.8, 4) is 0 Å². The summed E-state index contributed by atoms with van der Waals surface area (Å²) in [6, 6.07) is 0.951. The highest BCUT2D eigenvalue weighted by molar-refractivity contribution is 8.00. The maximum atomic E-state index is 11.8. The Balaban J connectivity index is 2.58. The molecule has 1 aromatic heterocycles. The molecule has 0 fully saturated rings. The Labute approximate surface area is 114 Å². The molecule has 0 unspecified atom stereocenters. The van der Waals surface area contributed by atoms with Crippen LogP contribution in [0.25, 0.3) is 0 Å². The Morgan fingerprint density at radius 2 is 2.11 bits per heavy atom. The van der Waals surface area contributed by atoms with Gasteiger partial charge in [0, 0.05) is 17.7 Å². The molecule has 0 atom stereocenters. The molecule has 0 aliphatic rings. The quantitative estimate of drug-likeness (QED) is 0.777. The first-order chi connectivity index (χ1) is 8.62. The molecule has 1 aromatic rings. The molecule has 19 heavy (non-hydrogen) atoms. The average Bonchev–Trinajstić information content (AvgIpc) is 2.73. The van der Waals surface area contributed by atoms with E-state index in [0.717, 1.165) is 22.8 Å². The summed E-state index contributed by atoms with van der Waals surface area (Å²) in [5.74, 6) is -1.72. The van der Waals surface area contributed by atoms with Crippen LogP contribution in [0.2, 0.25) is 0 Å². The topological polar surface area (TPSA) is 83.5 Å². The minimum absolute atomic E-state index is 0.162. The van der Waals surface area contributed by atoms with Gasteiger partial charge in [-0.05, 0) is 17.8 Å². The van der Waals surface area contributed by atoms with Crippen LogP contribution in [0.3, 0.4) is 0 Å². The highest BCUT2D eigenvalue weighted by Gasteiger charge is 2.28. The fourth-order valence-electron chi connectivity index (χ4n) is 0.998. The van der Waals surface area contributed by atoms with E-state index in [1.165, 1.54) is 0 Å². The second kappa shape index (κ2) is 6.11. The maximum absolute atomic E-state index is 11.8. The zero-order chi connectivity index (χ0) is 14.7. The van der Waals surface area contributed by atoms with E-state index in [9.17, 15) is 26.4 Å². The fraction of sp³-hybridized carbons (Fsp3) is 0.375. The number of halogens is 3. The zero-order valence-corrected chi connectivity index (χ0v) is 11.5. The number of hydrogen-bond acceptors (Lipinski definition) is 5. The number of sulfonamides is 1. The van der Waals surface area contributed by atoms with Gasteiger partial charge < -0.3 is 5.11 Å². The lowest BCUT2D eigenvalue weighted by Gasteiger charge is -2.06. The predicted molar refractivity (Wildman–Crippen MR) is 65.0 cm³/mol. The summed E-state index contributed by atoms with van der Waals surface area (Å²) >= 11 is 0.385. The van der Waals surface area contributed by atoms with Gasteiger partial charge in [0.1, 0.15) is 4.88 Å². The van der Waals surface area contributed by atoms with Gasteiger partial charge in [-0.2, -0.15) is 13.2 Å². The third-order valence-electron chi connectivity index (χ3n) is 1.76. The number of carboxylic acid groups (broad SMARTS) is 1. The molecule has 2 N–H and O–H groups in total. The standard InChI is InChI=1S/C8H8F3NO4S3/c9-8(10,11)18-2-1-12-19(15,16)5-3-6(7(13)14)17-4-5/h3-4,12H,1-2H2,(H,13,14). The van der Waals surface area contributed by atoms with Gasteiger partial charge in [-0.3, -0.25) is 0 Å². The summed E-state index contributed by atoms with van der Waals surface area (Å²) in [7, 11) is -3.97. The Hall–Kier alpha value is -0.780. The summed E-state index contributed by atoms with van der Waals surface area (Å²) in [5.41, 5.74) is -4.41. The van der Waals surface area contributed by atoms with Crippen molar-refractivity contribution >= 4 is 39.1 Å². The Bertz CT molecular complexity index is 552. The molecule has 0 saturated heterocycles. The number of carbonyl (C=O) groups is 1.